The molecule has 34 heavy (non-hydrogen) atoms. The Balaban J connectivity index is 1.59. The molecule has 0 atom stereocenters. The fraction of sp³-hybridized carbons (Fsp3) is 0.120. The molecule has 4 aromatic rings. The first kappa shape index (κ1) is 23.1. The molecule has 1 aromatic heterocycles. The molecule has 8 nitrogen and oxygen atoms in total. The van der Waals surface area contributed by atoms with Gasteiger partial charge in [-0.3, -0.25) is 14.2 Å². The smallest absolute Gasteiger partial charge is 0.266 e. The molecule has 0 fully saturated rings. The SMILES string of the molecule is COc1ccc(-n2c(SCC(=O)NN=C(C)c3ccccc3O)nc3ccccc3c2=O)cc1. The zero-order chi connectivity index (χ0) is 24.1. The van der Waals surface area contributed by atoms with Crippen molar-refractivity contribution < 1.29 is 14.6 Å². The highest BCUT2D eigenvalue weighted by atomic mass is 32.2. The molecule has 0 saturated heterocycles. The van der Waals surface area contributed by atoms with E-state index in [-0.39, 0.29) is 23.0 Å². The number of para-hydroxylation sites is 2. The van der Waals surface area contributed by atoms with Crippen LogP contribution in [-0.2, 0) is 4.79 Å². The van der Waals surface area contributed by atoms with E-state index in [1.54, 1.807) is 80.8 Å². The molecule has 0 aliphatic heterocycles. The summed E-state index contributed by atoms with van der Waals surface area (Å²) >= 11 is 1.13. The molecule has 1 heterocycles. The summed E-state index contributed by atoms with van der Waals surface area (Å²) in [6.45, 7) is 1.69. The molecule has 0 unspecified atom stereocenters. The number of carbonyl (C=O) groups is 1. The van der Waals surface area contributed by atoms with Gasteiger partial charge in [0.2, 0.25) is 0 Å². The average Bonchev–Trinajstić information content (AvgIpc) is 2.86. The Morgan fingerprint density at radius 1 is 1.09 bits per heavy atom. The van der Waals surface area contributed by atoms with Gasteiger partial charge in [-0.05, 0) is 55.5 Å². The number of amides is 1. The first-order valence-corrected chi connectivity index (χ1v) is 11.4. The Kier molecular flexibility index (Phi) is 6.93. The number of hydrogen-bond acceptors (Lipinski definition) is 7. The van der Waals surface area contributed by atoms with Crippen molar-refractivity contribution in [3.8, 4) is 17.2 Å². The summed E-state index contributed by atoms with van der Waals surface area (Å²) in [5.74, 6) is 0.356. The Morgan fingerprint density at radius 3 is 2.53 bits per heavy atom. The maximum absolute atomic E-state index is 13.3. The predicted molar refractivity (Wildman–Crippen MR) is 133 cm³/mol. The van der Waals surface area contributed by atoms with Gasteiger partial charge in [0.25, 0.3) is 11.5 Å². The predicted octanol–water partition coefficient (Wildman–Crippen LogP) is 3.73. The number of phenols is 1. The van der Waals surface area contributed by atoms with Crippen LogP contribution in [-0.4, -0.2) is 39.1 Å². The highest BCUT2D eigenvalue weighted by Gasteiger charge is 2.15. The lowest BCUT2D eigenvalue weighted by Gasteiger charge is -2.13. The highest BCUT2D eigenvalue weighted by molar-refractivity contribution is 7.99. The second kappa shape index (κ2) is 10.2. The van der Waals surface area contributed by atoms with Gasteiger partial charge >= 0.3 is 0 Å². The average molecular weight is 475 g/mol. The summed E-state index contributed by atoms with van der Waals surface area (Å²) < 4.78 is 6.69. The summed E-state index contributed by atoms with van der Waals surface area (Å²) in [6, 6.07) is 20.9. The number of methoxy groups -OCH3 is 1. The molecule has 9 heteroatoms. The number of nitrogens with one attached hydrogen (secondary N) is 1. The van der Waals surface area contributed by atoms with Crippen LogP contribution in [0.15, 0.2) is 87.8 Å². The van der Waals surface area contributed by atoms with Crippen molar-refractivity contribution in [2.24, 2.45) is 5.10 Å². The number of aromatic nitrogens is 2. The van der Waals surface area contributed by atoms with Gasteiger partial charge in [0.05, 0.1) is 35.2 Å². The maximum atomic E-state index is 13.3. The number of rotatable bonds is 7. The number of hydrogen-bond donors (Lipinski definition) is 2. The topological polar surface area (TPSA) is 106 Å². The van der Waals surface area contributed by atoms with Crippen LogP contribution in [0, 0.1) is 0 Å². The number of nitrogens with zero attached hydrogens (tertiary/aromatic N) is 3. The number of fused-ring (bicyclic) bond motifs is 1. The van der Waals surface area contributed by atoms with Crippen molar-refractivity contribution in [1.29, 1.82) is 0 Å². The molecular weight excluding hydrogens is 452 g/mol. The summed E-state index contributed by atoms with van der Waals surface area (Å²) in [4.78, 5) is 30.4. The van der Waals surface area contributed by atoms with E-state index in [9.17, 15) is 14.7 Å². The van der Waals surface area contributed by atoms with Gasteiger partial charge in [0.1, 0.15) is 11.5 Å². The third-order valence-electron chi connectivity index (χ3n) is 5.05. The van der Waals surface area contributed by atoms with Gasteiger partial charge in [-0.25, -0.2) is 10.4 Å². The van der Waals surface area contributed by atoms with Crippen molar-refractivity contribution in [2.75, 3.05) is 12.9 Å². The van der Waals surface area contributed by atoms with Gasteiger partial charge in [-0.15, -0.1) is 0 Å². The van der Waals surface area contributed by atoms with Crippen LogP contribution in [0.4, 0.5) is 0 Å². The van der Waals surface area contributed by atoms with Crippen molar-refractivity contribution >= 4 is 34.3 Å². The number of carbonyl (C=O) groups excluding carboxylic acids is 1. The standard InChI is InChI=1S/C25H22N4O4S/c1-16(19-7-4-6-10-22(19)30)27-28-23(31)15-34-25-26-21-9-5-3-8-20(21)24(32)29(25)17-11-13-18(33-2)14-12-17/h3-14,30H,15H2,1-2H3,(H,28,31). The van der Waals surface area contributed by atoms with E-state index in [0.29, 0.717) is 38.8 Å². The number of thioether (sulfide) groups is 1. The third-order valence-corrected chi connectivity index (χ3v) is 5.99. The highest BCUT2D eigenvalue weighted by Crippen LogP contribution is 2.23. The second-order valence-electron chi connectivity index (χ2n) is 7.29. The van der Waals surface area contributed by atoms with Gasteiger partial charge < -0.3 is 9.84 Å². The largest absolute Gasteiger partial charge is 0.507 e. The number of phenolic OH excluding ortho intramolecular Hbond substituents is 1. The van der Waals surface area contributed by atoms with Crippen LogP contribution in [0.2, 0.25) is 0 Å². The maximum Gasteiger partial charge on any atom is 0.266 e. The Morgan fingerprint density at radius 2 is 1.79 bits per heavy atom. The summed E-state index contributed by atoms with van der Waals surface area (Å²) in [6.07, 6.45) is 0. The van der Waals surface area contributed by atoms with Gasteiger partial charge in [-0.1, -0.05) is 36.0 Å². The molecule has 0 aliphatic rings. The third kappa shape index (κ3) is 4.94. The lowest BCUT2D eigenvalue weighted by molar-refractivity contribution is -0.118. The Labute approximate surface area is 199 Å². The van der Waals surface area contributed by atoms with Gasteiger partial charge in [-0.2, -0.15) is 5.10 Å². The normalized spacial score (nSPS) is 11.4. The fourth-order valence-electron chi connectivity index (χ4n) is 3.32. The van der Waals surface area contributed by atoms with E-state index in [1.807, 2.05) is 6.07 Å². The van der Waals surface area contributed by atoms with E-state index in [4.69, 9.17) is 4.74 Å². The van der Waals surface area contributed by atoms with Crippen LogP contribution in [0.1, 0.15) is 12.5 Å². The first-order chi connectivity index (χ1) is 16.5. The second-order valence-corrected chi connectivity index (χ2v) is 8.23. The number of ether oxygens (including phenoxy) is 1. The molecule has 0 bridgehead atoms. The molecule has 0 saturated carbocycles. The zero-order valence-electron chi connectivity index (χ0n) is 18.6. The lowest BCUT2D eigenvalue weighted by atomic mass is 10.1. The van der Waals surface area contributed by atoms with E-state index in [2.05, 4.69) is 15.5 Å². The molecule has 172 valence electrons. The molecular formula is C25H22N4O4S. The van der Waals surface area contributed by atoms with Crippen LogP contribution >= 0.6 is 11.8 Å². The van der Waals surface area contributed by atoms with E-state index in [0.717, 1.165) is 11.8 Å². The van der Waals surface area contributed by atoms with Crippen molar-refractivity contribution in [2.45, 2.75) is 12.1 Å². The van der Waals surface area contributed by atoms with E-state index >= 15 is 0 Å². The lowest BCUT2D eigenvalue weighted by Crippen LogP contribution is -2.24. The van der Waals surface area contributed by atoms with Crippen molar-refractivity contribution in [1.82, 2.24) is 15.0 Å². The van der Waals surface area contributed by atoms with Crippen molar-refractivity contribution in [3.05, 3.63) is 88.7 Å². The molecule has 0 aliphatic carbocycles. The van der Waals surface area contributed by atoms with Crippen LogP contribution < -0.4 is 15.7 Å². The minimum absolute atomic E-state index is 0.0154. The monoisotopic (exact) mass is 474 g/mol. The Hall–Kier alpha value is -4.11. The Bertz CT molecular complexity index is 1430. The number of benzene rings is 3. The summed E-state index contributed by atoms with van der Waals surface area (Å²) in [5, 5.41) is 14.9. The number of hydrazone groups is 1. The first-order valence-electron chi connectivity index (χ1n) is 10.4. The van der Waals surface area contributed by atoms with Crippen LogP contribution in [0.25, 0.3) is 16.6 Å². The van der Waals surface area contributed by atoms with E-state index < -0.39 is 0 Å². The van der Waals surface area contributed by atoms with E-state index in [1.165, 1.54) is 4.57 Å². The van der Waals surface area contributed by atoms with Crippen LogP contribution in [0.5, 0.6) is 11.5 Å². The molecule has 4 rings (SSSR count). The molecule has 1 amide bonds. The minimum atomic E-state index is -0.372. The van der Waals surface area contributed by atoms with Gasteiger partial charge in [0.15, 0.2) is 5.16 Å². The minimum Gasteiger partial charge on any atom is -0.507 e. The molecule has 0 radical (unpaired) electrons. The number of aromatic hydroxyl groups is 1. The summed E-state index contributed by atoms with van der Waals surface area (Å²) in [5.41, 5.74) is 4.42. The quantitative estimate of drug-likeness (QED) is 0.183. The molecule has 3 aromatic carbocycles. The fourth-order valence-corrected chi connectivity index (χ4v) is 4.12. The zero-order valence-corrected chi connectivity index (χ0v) is 19.4. The molecule has 0 spiro atoms. The van der Waals surface area contributed by atoms with Crippen molar-refractivity contribution in [3.63, 3.8) is 0 Å². The van der Waals surface area contributed by atoms with Crippen LogP contribution in [0.3, 0.4) is 0 Å². The van der Waals surface area contributed by atoms with Gasteiger partial charge in [0, 0.05) is 5.56 Å². The molecule has 2 N–H and O–H groups in total. The summed E-state index contributed by atoms with van der Waals surface area (Å²) in [7, 11) is 1.57.